The van der Waals surface area contributed by atoms with Crippen LogP contribution in [0.5, 0.6) is 0 Å². The molecule has 2 rings (SSSR count). The number of halogens is 2. The van der Waals surface area contributed by atoms with E-state index in [9.17, 15) is 17.6 Å². The summed E-state index contributed by atoms with van der Waals surface area (Å²) in [5.74, 6) is -0.379. The van der Waals surface area contributed by atoms with Crippen LogP contribution in [0.15, 0.2) is 57.9 Å². The first-order valence-corrected chi connectivity index (χ1v) is 10.9. The van der Waals surface area contributed by atoms with E-state index in [1.807, 2.05) is 0 Å². The molecule has 0 radical (unpaired) electrons. The van der Waals surface area contributed by atoms with Crippen molar-refractivity contribution >= 4 is 31.9 Å². The van der Waals surface area contributed by atoms with Crippen LogP contribution in [0.2, 0.25) is 0 Å². The number of rotatable bonds is 10. The highest BCUT2D eigenvalue weighted by Gasteiger charge is 2.12. The van der Waals surface area contributed by atoms with Crippen molar-refractivity contribution < 1.29 is 17.6 Å². The van der Waals surface area contributed by atoms with Crippen LogP contribution >= 0.6 is 15.9 Å². The van der Waals surface area contributed by atoms with E-state index in [1.54, 1.807) is 24.3 Å². The molecule has 2 aromatic rings. The Bertz CT molecular complexity index is 840. The van der Waals surface area contributed by atoms with Crippen molar-refractivity contribution in [3.8, 4) is 0 Å². The second-order valence-corrected chi connectivity index (χ2v) is 8.75. The topological polar surface area (TPSA) is 75.3 Å². The van der Waals surface area contributed by atoms with Crippen LogP contribution in [-0.2, 0) is 21.4 Å². The van der Waals surface area contributed by atoms with Crippen LogP contribution in [0.3, 0.4) is 0 Å². The summed E-state index contributed by atoms with van der Waals surface area (Å²) in [6.45, 7) is 0.696. The van der Waals surface area contributed by atoms with Crippen LogP contribution < -0.4 is 10.0 Å². The van der Waals surface area contributed by atoms with E-state index < -0.39 is 10.0 Å². The Morgan fingerprint density at radius 1 is 0.963 bits per heavy atom. The number of hydrogen-bond donors (Lipinski definition) is 2. The molecule has 0 saturated heterocycles. The SMILES string of the molecule is O=C(CCCCCNS(=O)(=O)c1ccc(Br)cc1)NCc1ccc(F)cc1. The second kappa shape index (κ2) is 10.5. The maximum absolute atomic E-state index is 12.8. The Kier molecular flexibility index (Phi) is 8.40. The van der Waals surface area contributed by atoms with Crippen molar-refractivity contribution in [1.29, 1.82) is 0 Å². The van der Waals surface area contributed by atoms with Gasteiger partial charge < -0.3 is 5.32 Å². The second-order valence-electron chi connectivity index (χ2n) is 6.07. The average molecular weight is 457 g/mol. The molecule has 0 fully saturated rings. The standard InChI is InChI=1S/C19H22BrFN2O3S/c20-16-7-11-18(12-8-16)27(25,26)23-13-3-1-2-4-19(24)22-14-15-5-9-17(21)10-6-15/h5-12,23H,1-4,13-14H2,(H,22,24). The number of amides is 1. The predicted molar refractivity (Wildman–Crippen MR) is 106 cm³/mol. The molecule has 0 aliphatic rings. The molecule has 0 spiro atoms. The highest BCUT2D eigenvalue weighted by molar-refractivity contribution is 9.10. The van der Waals surface area contributed by atoms with E-state index in [4.69, 9.17) is 0 Å². The van der Waals surface area contributed by atoms with E-state index in [0.29, 0.717) is 32.4 Å². The van der Waals surface area contributed by atoms with Gasteiger partial charge in [0, 0.05) is 24.0 Å². The zero-order chi connectivity index (χ0) is 19.7. The number of benzene rings is 2. The molecule has 0 bridgehead atoms. The molecule has 0 aliphatic heterocycles. The average Bonchev–Trinajstić information content (AvgIpc) is 2.64. The lowest BCUT2D eigenvalue weighted by Crippen LogP contribution is -2.25. The van der Waals surface area contributed by atoms with E-state index in [-0.39, 0.29) is 16.6 Å². The van der Waals surface area contributed by atoms with Crippen LogP contribution in [-0.4, -0.2) is 20.9 Å². The fraction of sp³-hybridized carbons (Fsp3) is 0.316. The summed E-state index contributed by atoms with van der Waals surface area (Å²) >= 11 is 3.27. The largest absolute Gasteiger partial charge is 0.352 e. The summed E-state index contributed by atoms with van der Waals surface area (Å²) in [6, 6.07) is 12.4. The number of unbranched alkanes of at least 4 members (excludes halogenated alkanes) is 2. The van der Waals surface area contributed by atoms with Gasteiger partial charge in [-0.2, -0.15) is 0 Å². The number of carbonyl (C=O) groups excluding carboxylic acids is 1. The molecule has 146 valence electrons. The molecule has 0 atom stereocenters. The molecule has 1 amide bonds. The Balaban J connectivity index is 1.59. The molecule has 0 aliphatic carbocycles. The summed E-state index contributed by atoms with van der Waals surface area (Å²) < 4.78 is 40.4. The molecular formula is C19H22BrFN2O3S. The molecule has 2 N–H and O–H groups in total. The van der Waals surface area contributed by atoms with Gasteiger partial charge in [0.05, 0.1) is 4.90 Å². The molecule has 27 heavy (non-hydrogen) atoms. The predicted octanol–water partition coefficient (Wildman–Crippen LogP) is 3.74. The van der Waals surface area contributed by atoms with E-state index in [1.165, 1.54) is 24.3 Å². The van der Waals surface area contributed by atoms with E-state index in [0.717, 1.165) is 16.5 Å². The molecule has 2 aromatic carbocycles. The monoisotopic (exact) mass is 456 g/mol. The summed E-state index contributed by atoms with van der Waals surface area (Å²) in [4.78, 5) is 12.0. The first kappa shape index (κ1) is 21.5. The Morgan fingerprint density at radius 2 is 1.63 bits per heavy atom. The molecule has 0 saturated carbocycles. The lowest BCUT2D eigenvalue weighted by atomic mass is 10.2. The first-order valence-electron chi connectivity index (χ1n) is 8.63. The van der Waals surface area contributed by atoms with Gasteiger partial charge in [-0.15, -0.1) is 0 Å². The highest BCUT2D eigenvalue weighted by atomic mass is 79.9. The lowest BCUT2D eigenvalue weighted by molar-refractivity contribution is -0.121. The van der Waals surface area contributed by atoms with Crippen molar-refractivity contribution in [1.82, 2.24) is 10.0 Å². The van der Waals surface area contributed by atoms with Crippen LogP contribution in [0.25, 0.3) is 0 Å². The fourth-order valence-corrected chi connectivity index (χ4v) is 3.72. The van der Waals surface area contributed by atoms with Crippen molar-refractivity contribution in [2.45, 2.75) is 37.1 Å². The number of sulfonamides is 1. The number of hydrogen-bond acceptors (Lipinski definition) is 3. The maximum atomic E-state index is 12.8. The van der Waals surface area contributed by atoms with Crippen LogP contribution in [0.4, 0.5) is 4.39 Å². The normalized spacial score (nSPS) is 11.3. The smallest absolute Gasteiger partial charge is 0.240 e. The van der Waals surface area contributed by atoms with E-state index >= 15 is 0 Å². The molecule has 0 unspecified atom stereocenters. The zero-order valence-electron chi connectivity index (χ0n) is 14.8. The molecule has 5 nitrogen and oxygen atoms in total. The van der Waals surface area contributed by atoms with Crippen molar-refractivity contribution in [3.63, 3.8) is 0 Å². The minimum atomic E-state index is -3.50. The Morgan fingerprint density at radius 3 is 2.30 bits per heavy atom. The van der Waals surface area contributed by atoms with E-state index in [2.05, 4.69) is 26.0 Å². The third-order valence-electron chi connectivity index (χ3n) is 3.90. The quantitative estimate of drug-likeness (QED) is 0.534. The molecule has 8 heteroatoms. The van der Waals surface area contributed by atoms with Crippen molar-refractivity contribution in [3.05, 3.63) is 64.4 Å². The zero-order valence-corrected chi connectivity index (χ0v) is 17.2. The van der Waals surface area contributed by atoms with Gasteiger partial charge in [-0.3, -0.25) is 4.79 Å². The minimum Gasteiger partial charge on any atom is -0.352 e. The number of carbonyl (C=O) groups is 1. The summed E-state index contributed by atoms with van der Waals surface area (Å²) in [5, 5.41) is 2.78. The maximum Gasteiger partial charge on any atom is 0.240 e. The van der Waals surface area contributed by atoms with Gasteiger partial charge in [-0.25, -0.2) is 17.5 Å². The van der Waals surface area contributed by atoms with Gasteiger partial charge in [0.25, 0.3) is 0 Å². The molecular weight excluding hydrogens is 435 g/mol. The van der Waals surface area contributed by atoms with Crippen LogP contribution in [0.1, 0.15) is 31.2 Å². The highest BCUT2D eigenvalue weighted by Crippen LogP contribution is 2.14. The van der Waals surface area contributed by atoms with Gasteiger partial charge in [-0.1, -0.05) is 34.5 Å². The van der Waals surface area contributed by atoms with Gasteiger partial charge in [0.1, 0.15) is 5.82 Å². The van der Waals surface area contributed by atoms with Crippen LogP contribution in [0, 0.1) is 5.82 Å². The van der Waals surface area contributed by atoms with Gasteiger partial charge >= 0.3 is 0 Å². The van der Waals surface area contributed by atoms with Gasteiger partial charge in [0.2, 0.25) is 15.9 Å². The van der Waals surface area contributed by atoms with Gasteiger partial charge in [-0.05, 0) is 54.8 Å². The summed E-state index contributed by atoms with van der Waals surface area (Å²) in [7, 11) is -3.50. The van der Waals surface area contributed by atoms with Crippen molar-refractivity contribution in [2.75, 3.05) is 6.54 Å². The molecule has 0 heterocycles. The fourth-order valence-electron chi connectivity index (χ4n) is 2.38. The lowest BCUT2D eigenvalue weighted by Gasteiger charge is -2.07. The Labute approximate surface area is 167 Å². The van der Waals surface area contributed by atoms with Gasteiger partial charge in [0.15, 0.2) is 0 Å². The van der Waals surface area contributed by atoms with Crippen molar-refractivity contribution in [2.24, 2.45) is 0 Å². The third-order valence-corrected chi connectivity index (χ3v) is 5.91. The summed E-state index contributed by atoms with van der Waals surface area (Å²) in [6.07, 6.45) is 2.45. The Hall–Kier alpha value is -1.77. The number of nitrogens with one attached hydrogen (secondary N) is 2. The minimum absolute atomic E-state index is 0.0743. The molecule has 0 aromatic heterocycles. The third kappa shape index (κ3) is 7.78. The summed E-state index contributed by atoms with van der Waals surface area (Å²) in [5.41, 5.74) is 0.840. The first-order chi connectivity index (χ1) is 12.9.